The number of benzene rings is 4. The average molecular weight is 761 g/mol. The third-order valence-electron chi connectivity index (χ3n) is 11.4. The Morgan fingerprint density at radius 3 is 2.56 bits per heavy atom. The van der Waals surface area contributed by atoms with Gasteiger partial charge in [-0.1, -0.05) is 78.4 Å². The number of likely N-dealkylation sites (tertiary alicyclic amines) is 1. The van der Waals surface area contributed by atoms with Gasteiger partial charge in [0.15, 0.2) is 11.5 Å². The van der Waals surface area contributed by atoms with E-state index < -0.39 is 0 Å². The molecule has 0 spiro atoms. The molecular weight excluding hydrogens is 709 g/mol. The van der Waals surface area contributed by atoms with Crippen LogP contribution < -0.4 is 15.4 Å². The summed E-state index contributed by atoms with van der Waals surface area (Å²) in [5.74, 6) is 0.477. The highest BCUT2D eigenvalue weighted by Crippen LogP contribution is 2.36. The van der Waals surface area contributed by atoms with E-state index in [0.29, 0.717) is 25.3 Å². The van der Waals surface area contributed by atoms with Gasteiger partial charge in [0, 0.05) is 73.4 Å². The lowest BCUT2D eigenvalue weighted by atomic mass is 9.87. The summed E-state index contributed by atoms with van der Waals surface area (Å²) in [6, 6.07) is 35.1. The largest absolute Gasteiger partial charge is 0.504 e. The first-order chi connectivity index (χ1) is 27.9. The maximum atomic E-state index is 13.6. The molecule has 1 aliphatic rings. The summed E-state index contributed by atoms with van der Waals surface area (Å²) >= 11 is 0. The van der Waals surface area contributed by atoms with Crippen LogP contribution in [0.15, 0.2) is 122 Å². The van der Waals surface area contributed by atoms with Crippen LogP contribution in [0.25, 0.3) is 21.9 Å². The number of aromatic amines is 1. The van der Waals surface area contributed by atoms with E-state index in [1.165, 1.54) is 29.4 Å². The Morgan fingerprint density at radius 1 is 0.895 bits per heavy atom. The molecule has 4 N–H and O–H groups in total. The summed E-state index contributed by atoms with van der Waals surface area (Å²) in [4.78, 5) is 24.3. The number of phenols is 1. The minimum atomic E-state index is -0.158. The Morgan fingerprint density at radius 2 is 1.70 bits per heavy atom. The number of H-pyrrole nitrogens is 1. The van der Waals surface area contributed by atoms with Gasteiger partial charge in [0.2, 0.25) is 5.91 Å². The van der Waals surface area contributed by atoms with Crippen molar-refractivity contribution >= 4 is 27.8 Å². The predicted octanol–water partition coefficient (Wildman–Crippen LogP) is 8.24. The normalized spacial score (nSPS) is 14.3. The molecule has 1 amide bonds. The van der Waals surface area contributed by atoms with Gasteiger partial charge >= 0.3 is 0 Å². The van der Waals surface area contributed by atoms with Crippen LogP contribution in [0.1, 0.15) is 70.2 Å². The molecule has 0 bridgehead atoms. The van der Waals surface area contributed by atoms with Gasteiger partial charge in [-0.25, -0.2) is 4.98 Å². The Balaban J connectivity index is 1.08. The van der Waals surface area contributed by atoms with Crippen molar-refractivity contribution in [3.05, 3.63) is 161 Å². The third-order valence-corrected chi connectivity index (χ3v) is 11.4. The van der Waals surface area contributed by atoms with Crippen LogP contribution in [0, 0.1) is 6.92 Å². The van der Waals surface area contributed by atoms with Crippen molar-refractivity contribution in [3.63, 3.8) is 0 Å². The molecule has 57 heavy (non-hydrogen) atoms. The van der Waals surface area contributed by atoms with Crippen molar-refractivity contribution in [2.75, 3.05) is 39.8 Å². The maximum absolute atomic E-state index is 13.6. The summed E-state index contributed by atoms with van der Waals surface area (Å²) in [7, 11) is 1.58. The van der Waals surface area contributed by atoms with Crippen molar-refractivity contribution in [3.8, 4) is 11.5 Å². The smallest absolute Gasteiger partial charge is 0.220 e. The summed E-state index contributed by atoms with van der Waals surface area (Å²) in [5.41, 5.74) is 9.91. The summed E-state index contributed by atoms with van der Waals surface area (Å²) in [6.07, 6.45) is 9.83. The first kappa shape index (κ1) is 38.0. The van der Waals surface area contributed by atoms with Crippen LogP contribution >= 0.6 is 0 Å². The van der Waals surface area contributed by atoms with Gasteiger partial charge in [-0.3, -0.25) is 4.79 Å². The number of aromatic hydroxyl groups is 1. The van der Waals surface area contributed by atoms with Crippen molar-refractivity contribution < 1.29 is 14.6 Å². The number of para-hydroxylation sites is 1. The molecule has 4 heterocycles. The molecule has 1 aliphatic heterocycles. The van der Waals surface area contributed by atoms with Gasteiger partial charge < -0.3 is 34.9 Å². The molecule has 2 unspecified atom stereocenters. The fraction of sp³-hybridized carbons (Fsp3) is 0.292. The highest BCUT2D eigenvalue weighted by atomic mass is 16.5. The first-order valence-corrected chi connectivity index (χ1v) is 20.2. The minimum absolute atomic E-state index is 0.0623. The minimum Gasteiger partial charge on any atom is -0.504 e. The van der Waals surface area contributed by atoms with E-state index in [2.05, 4.69) is 117 Å². The van der Waals surface area contributed by atoms with E-state index in [1.54, 1.807) is 13.2 Å². The number of pyridine rings is 1. The second-order valence-corrected chi connectivity index (χ2v) is 15.3. The van der Waals surface area contributed by atoms with Crippen molar-refractivity contribution in [2.24, 2.45) is 0 Å². The van der Waals surface area contributed by atoms with Gasteiger partial charge in [0.05, 0.1) is 13.2 Å². The van der Waals surface area contributed by atoms with E-state index >= 15 is 0 Å². The van der Waals surface area contributed by atoms with Crippen molar-refractivity contribution in [1.29, 1.82) is 0 Å². The number of carbonyl (C=O) groups is 1. The third kappa shape index (κ3) is 8.75. The van der Waals surface area contributed by atoms with Gasteiger partial charge in [-0.2, -0.15) is 0 Å². The molecule has 0 aliphatic carbocycles. The Kier molecular flexibility index (Phi) is 11.7. The fourth-order valence-electron chi connectivity index (χ4n) is 8.52. The molecule has 0 radical (unpaired) electrons. The quantitative estimate of drug-likeness (QED) is 0.0791. The second kappa shape index (κ2) is 17.5. The Bertz CT molecular complexity index is 2460. The molecule has 1 saturated heterocycles. The molecule has 1 fully saturated rings. The zero-order valence-corrected chi connectivity index (χ0v) is 32.9. The van der Waals surface area contributed by atoms with Crippen LogP contribution in [-0.4, -0.2) is 70.3 Å². The number of methoxy groups -OCH3 is 1. The topological polar surface area (TPSA) is 107 Å². The lowest BCUT2D eigenvalue weighted by Gasteiger charge is -2.22. The SMILES string of the molecule is COc1cc(C(NCCc2c[nH]c3ccccc23)c2cccc(Cn3cc(C(CC(=O)NCCN4CCCC4)c4cccc(C)c4)c4cccnc43)c2)ccc1O. The number of fused-ring (bicyclic) bond motifs is 2. The zero-order chi connectivity index (χ0) is 39.1. The van der Waals surface area contributed by atoms with E-state index in [0.717, 1.165) is 77.0 Å². The number of aromatic nitrogens is 3. The molecule has 2 atom stereocenters. The number of amides is 1. The number of ether oxygens (including phenoxy) is 1. The number of hydrogen-bond donors (Lipinski definition) is 4. The fourth-order valence-corrected chi connectivity index (χ4v) is 8.52. The molecule has 4 aromatic carbocycles. The van der Waals surface area contributed by atoms with Gasteiger partial charge in [-0.15, -0.1) is 0 Å². The predicted molar refractivity (Wildman–Crippen MR) is 228 cm³/mol. The molecule has 7 aromatic rings. The average Bonchev–Trinajstić information content (AvgIpc) is 3.99. The van der Waals surface area contributed by atoms with Crippen LogP contribution in [0.3, 0.4) is 0 Å². The number of rotatable bonds is 16. The van der Waals surface area contributed by atoms with Crippen LogP contribution in [0.5, 0.6) is 11.5 Å². The number of aryl methyl sites for hydroxylation is 1. The highest BCUT2D eigenvalue weighted by molar-refractivity contribution is 5.85. The zero-order valence-electron chi connectivity index (χ0n) is 32.9. The van der Waals surface area contributed by atoms with Crippen LogP contribution in [-0.2, 0) is 17.8 Å². The number of phenolic OH excluding ortho intramolecular Hbond substituents is 1. The van der Waals surface area contributed by atoms with E-state index in [-0.39, 0.29) is 23.6 Å². The number of hydrogen-bond acceptors (Lipinski definition) is 6. The first-order valence-electron chi connectivity index (χ1n) is 20.2. The molecule has 3 aromatic heterocycles. The van der Waals surface area contributed by atoms with Crippen LogP contribution in [0.4, 0.5) is 0 Å². The summed E-state index contributed by atoms with van der Waals surface area (Å²) in [5, 5.41) is 19.8. The summed E-state index contributed by atoms with van der Waals surface area (Å²) in [6.45, 7) is 7.23. The summed E-state index contributed by atoms with van der Waals surface area (Å²) < 4.78 is 7.76. The number of nitrogens with one attached hydrogen (secondary N) is 3. The van der Waals surface area contributed by atoms with E-state index in [1.807, 2.05) is 30.5 Å². The number of nitrogens with zero attached hydrogens (tertiary/aromatic N) is 3. The van der Waals surface area contributed by atoms with Gasteiger partial charge in [-0.05, 0) is 103 Å². The maximum Gasteiger partial charge on any atom is 0.220 e. The molecular formula is C48H52N6O3. The monoisotopic (exact) mass is 760 g/mol. The molecule has 9 nitrogen and oxygen atoms in total. The van der Waals surface area contributed by atoms with E-state index in [4.69, 9.17) is 9.72 Å². The lowest BCUT2D eigenvalue weighted by Crippen LogP contribution is -2.34. The van der Waals surface area contributed by atoms with Gasteiger partial charge in [0.25, 0.3) is 0 Å². The van der Waals surface area contributed by atoms with Crippen molar-refractivity contribution in [1.82, 2.24) is 30.1 Å². The van der Waals surface area contributed by atoms with E-state index in [9.17, 15) is 9.90 Å². The number of carbonyl (C=O) groups excluding carboxylic acids is 1. The highest BCUT2D eigenvalue weighted by Gasteiger charge is 2.24. The second-order valence-electron chi connectivity index (χ2n) is 15.3. The van der Waals surface area contributed by atoms with Crippen LogP contribution in [0.2, 0.25) is 0 Å². The Hall–Kier alpha value is -5.90. The van der Waals surface area contributed by atoms with Gasteiger partial charge in [0.1, 0.15) is 5.65 Å². The molecule has 0 saturated carbocycles. The molecule has 9 heteroatoms. The Labute approximate surface area is 334 Å². The standard InChI is InChI=1S/C48H52N6O3/c1-33-10-7-12-35(26-33)41(29-46(56)49-22-25-53-23-5-6-24-53)42-32-54(48-40(42)15-9-20-51-48)31-34-11-8-13-36(27-34)47(37-17-18-44(55)45(28-37)57-2)50-21-19-38-30-52-43-16-4-3-14-39(38)43/h3-4,7-18,20,26-28,30,32,41,47,50,52,55H,5-6,19,21-25,29,31H2,1-2H3,(H,49,56). The lowest BCUT2D eigenvalue weighted by molar-refractivity contribution is -0.121. The molecule has 292 valence electrons. The molecule has 8 rings (SSSR count). The van der Waals surface area contributed by atoms with Crippen molar-refractivity contribution in [2.45, 2.75) is 51.1 Å².